The molecule has 0 aliphatic heterocycles. The summed E-state index contributed by atoms with van der Waals surface area (Å²) in [6.07, 6.45) is 2.08. The molecule has 2 heteroatoms. The zero-order valence-electron chi connectivity index (χ0n) is 18.8. The zero-order chi connectivity index (χ0) is 21.7. The molecule has 0 aliphatic rings. The Bertz CT molecular complexity index is 1600. The average Bonchev–Trinajstić information content (AvgIpc) is 2.85. The van der Waals surface area contributed by atoms with Crippen LogP contribution in [0.25, 0.3) is 54.7 Å². The van der Waals surface area contributed by atoms with Crippen LogP contribution in [0.2, 0.25) is 0 Å². The molecule has 1 nitrogen and oxygen atoms in total. The van der Waals surface area contributed by atoms with Gasteiger partial charge >= 0.3 is 0 Å². The summed E-state index contributed by atoms with van der Waals surface area (Å²) in [6.45, 7) is 2.15. The second-order valence-electron chi connectivity index (χ2n) is 8.36. The Balaban J connectivity index is 0.00000228. The van der Waals surface area contributed by atoms with Crippen molar-refractivity contribution in [3.8, 4) is 22.4 Å². The number of rotatable bonds is 2. The Morgan fingerprint density at radius 2 is 1.24 bits per heavy atom. The summed E-state index contributed by atoms with van der Waals surface area (Å²) in [7, 11) is 2.08. The second-order valence-corrected chi connectivity index (χ2v) is 8.36. The van der Waals surface area contributed by atoms with E-state index < -0.39 is 0 Å². The first kappa shape index (κ1) is 22.0. The molecule has 0 unspecified atom stereocenters. The van der Waals surface area contributed by atoms with Crippen molar-refractivity contribution in [2.24, 2.45) is 7.05 Å². The average molecular weight is 497 g/mol. The summed E-state index contributed by atoms with van der Waals surface area (Å²) in [5, 5.41) is 7.60. The van der Waals surface area contributed by atoms with Crippen LogP contribution < -0.4 is 4.57 Å². The molecule has 33 heavy (non-hydrogen) atoms. The first-order chi connectivity index (χ1) is 15.7. The molecule has 0 saturated heterocycles. The third kappa shape index (κ3) is 3.61. The summed E-state index contributed by atoms with van der Waals surface area (Å²) < 4.78 is 2.15. The maximum atomic E-state index is 3.74. The van der Waals surface area contributed by atoms with Crippen LogP contribution in [0.1, 0.15) is 5.56 Å². The van der Waals surface area contributed by atoms with E-state index in [-0.39, 0.29) is 32.7 Å². The van der Waals surface area contributed by atoms with Crippen LogP contribution >= 0.6 is 0 Å². The van der Waals surface area contributed by atoms with Crippen molar-refractivity contribution in [1.82, 2.24) is 0 Å². The van der Waals surface area contributed by atoms with Gasteiger partial charge in [0.2, 0.25) is 0 Å². The van der Waals surface area contributed by atoms with E-state index in [1.807, 2.05) is 0 Å². The van der Waals surface area contributed by atoms with Gasteiger partial charge in [-0.05, 0) is 22.2 Å². The molecule has 0 fully saturated rings. The van der Waals surface area contributed by atoms with E-state index in [9.17, 15) is 0 Å². The van der Waals surface area contributed by atoms with E-state index in [2.05, 4.69) is 128 Å². The fourth-order valence-corrected chi connectivity index (χ4v) is 4.87. The topological polar surface area (TPSA) is 3.88 Å². The first-order valence-electron chi connectivity index (χ1n) is 10.9. The molecule has 1 aromatic heterocycles. The minimum absolute atomic E-state index is 0. The Kier molecular flexibility index (Phi) is 5.87. The molecule has 0 N–H and O–H groups in total. The number of fused-ring (bicyclic) bond motifs is 6. The van der Waals surface area contributed by atoms with E-state index >= 15 is 0 Å². The predicted molar refractivity (Wildman–Crippen MR) is 133 cm³/mol. The summed E-state index contributed by atoms with van der Waals surface area (Å²) in [6, 6.07) is 39.6. The van der Waals surface area contributed by atoms with Gasteiger partial charge in [0.15, 0.2) is 6.20 Å². The Labute approximate surface area is 219 Å². The molecule has 5 aromatic carbocycles. The van der Waals surface area contributed by atoms with E-state index in [4.69, 9.17) is 0 Å². The van der Waals surface area contributed by atoms with Crippen LogP contribution in [0.15, 0.2) is 97.2 Å². The van der Waals surface area contributed by atoms with Crippen molar-refractivity contribution in [2.45, 2.75) is 6.92 Å². The van der Waals surface area contributed by atoms with Crippen molar-refractivity contribution in [1.29, 1.82) is 0 Å². The standard InChI is InChI=1S/C31H22N.Y/c1-21-17-18-22(20-29(21)30-16-7-8-19-32(30)2)23-14-9-15-28-26-11-4-3-10-24(26)25-12-5-6-13-27(25)31(23)28;/h3-13,15-19H,1-2H3;/q-1;. The van der Waals surface area contributed by atoms with Crippen LogP contribution in [0.3, 0.4) is 0 Å². The Morgan fingerprint density at radius 3 is 1.94 bits per heavy atom. The minimum Gasteiger partial charge on any atom is -0.234 e. The quantitative estimate of drug-likeness (QED) is 0.135. The molecule has 1 radical (unpaired) electrons. The first-order valence-corrected chi connectivity index (χ1v) is 10.9. The van der Waals surface area contributed by atoms with Crippen LogP contribution in [0, 0.1) is 19.1 Å². The molecule has 1 heterocycles. The van der Waals surface area contributed by atoms with Crippen molar-refractivity contribution >= 4 is 32.3 Å². The molecule has 6 rings (SSSR count). The van der Waals surface area contributed by atoms with Crippen molar-refractivity contribution in [3.05, 3.63) is 115 Å². The zero-order valence-corrected chi connectivity index (χ0v) is 21.6. The van der Waals surface area contributed by atoms with Crippen molar-refractivity contribution < 1.29 is 37.3 Å². The van der Waals surface area contributed by atoms with E-state index in [0.29, 0.717) is 0 Å². The van der Waals surface area contributed by atoms with Crippen LogP contribution in [-0.4, -0.2) is 0 Å². The molecule has 155 valence electrons. The smallest absolute Gasteiger partial charge is 0.161 e. The monoisotopic (exact) mass is 497 g/mol. The number of hydrogen-bond acceptors (Lipinski definition) is 0. The summed E-state index contributed by atoms with van der Waals surface area (Å²) in [5.41, 5.74) is 5.67. The predicted octanol–water partition coefficient (Wildman–Crippen LogP) is 7.21. The maximum Gasteiger partial charge on any atom is 0.161 e. The van der Waals surface area contributed by atoms with Gasteiger partial charge in [0.05, 0.1) is 0 Å². The third-order valence-electron chi connectivity index (χ3n) is 6.44. The van der Waals surface area contributed by atoms with Crippen molar-refractivity contribution in [3.63, 3.8) is 0 Å². The molecular formula is C31H22NY-. The number of aromatic nitrogens is 1. The molecule has 6 aromatic rings. The fourth-order valence-electron chi connectivity index (χ4n) is 4.87. The van der Waals surface area contributed by atoms with E-state index in [0.717, 1.165) is 22.4 Å². The number of hydrogen-bond donors (Lipinski definition) is 0. The van der Waals surface area contributed by atoms with Gasteiger partial charge in [-0.3, -0.25) is 0 Å². The maximum absolute atomic E-state index is 3.74. The molecule has 0 saturated carbocycles. The van der Waals surface area contributed by atoms with Gasteiger partial charge in [-0.1, -0.05) is 77.9 Å². The SMILES string of the molecule is Cc1ccc(-c2[c-]ccc3c4ccccc4c4ccccc4c23)[c-]c1-c1cccc[n+]1C.[Y]. The van der Waals surface area contributed by atoms with Crippen LogP contribution in [-0.2, 0) is 39.8 Å². The van der Waals surface area contributed by atoms with Gasteiger partial charge < -0.3 is 0 Å². The van der Waals surface area contributed by atoms with Gasteiger partial charge in [0.25, 0.3) is 0 Å². The van der Waals surface area contributed by atoms with Gasteiger partial charge in [0, 0.05) is 38.8 Å². The molecule has 0 spiro atoms. The number of pyridine rings is 1. The number of aryl methyl sites for hydroxylation is 2. The summed E-state index contributed by atoms with van der Waals surface area (Å²) in [5.74, 6) is 0. The van der Waals surface area contributed by atoms with Crippen LogP contribution in [0.5, 0.6) is 0 Å². The molecule has 0 amide bonds. The van der Waals surface area contributed by atoms with E-state index in [1.54, 1.807) is 0 Å². The normalized spacial score (nSPS) is 11.1. The molecular weight excluding hydrogens is 475 g/mol. The molecule has 0 aliphatic carbocycles. The molecule has 0 atom stereocenters. The fraction of sp³-hybridized carbons (Fsp3) is 0.0645. The van der Waals surface area contributed by atoms with Crippen molar-refractivity contribution in [2.75, 3.05) is 0 Å². The number of benzene rings is 5. The van der Waals surface area contributed by atoms with Gasteiger partial charge in [-0.15, -0.1) is 23.1 Å². The third-order valence-corrected chi connectivity index (χ3v) is 6.44. The Hall–Kier alpha value is -2.87. The largest absolute Gasteiger partial charge is 0.234 e. The number of nitrogens with zero attached hydrogens (tertiary/aromatic N) is 1. The molecule has 0 bridgehead atoms. The van der Waals surface area contributed by atoms with Gasteiger partial charge in [-0.25, -0.2) is 10.1 Å². The second kappa shape index (κ2) is 8.82. The minimum atomic E-state index is 0. The Morgan fingerprint density at radius 1 is 0.636 bits per heavy atom. The van der Waals surface area contributed by atoms with Crippen LogP contribution in [0.4, 0.5) is 0 Å². The van der Waals surface area contributed by atoms with E-state index in [1.165, 1.54) is 37.9 Å². The summed E-state index contributed by atoms with van der Waals surface area (Å²) in [4.78, 5) is 0. The van der Waals surface area contributed by atoms with Gasteiger partial charge in [-0.2, -0.15) is 29.8 Å². The van der Waals surface area contributed by atoms with Gasteiger partial charge in [0.1, 0.15) is 12.7 Å². The summed E-state index contributed by atoms with van der Waals surface area (Å²) >= 11 is 0.